The molecule has 5 heteroatoms. The second-order valence-corrected chi connectivity index (χ2v) is 7.86. The Bertz CT molecular complexity index is 560. The van der Waals surface area contributed by atoms with Gasteiger partial charge in [-0.05, 0) is 61.2 Å². The number of hydrogen-bond acceptors (Lipinski definition) is 5. The van der Waals surface area contributed by atoms with Crippen LogP contribution in [0.4, 0.5) is 11.4 Å². The molecule has 3 aliphatic rings. The Morgan fingerprint density at radius 2 is 2.00 bits per heavy atom. The maximum atomic E-state index is 11.4. The molecule has 0 unspecified atom stereocenters. The van der Waals surface area contributed by atoms with Gasteiger partial charge in [-0.3, -0.25) is 4.79 Å². The number of ether oxygens (including phenoxy) is 1. The van der Waals surface area contributed by atoms with Crippen molar-refractivity contribution in [2.75, 3.05) is 35.9 Å². The molecule has 0 aromatic heterocycles. The summed E-state index contributed by atoms with van der Waals surface area (Å²) in [4.78, 5) is 13.8. The van der Waals surface area contributed by atoms with Gasteiger partial charge in [-0.15, -0.1) is 0 Å². The fourth-order valence-corrected chi connectivity index (χ4v) is 4.07. The van der Waals surface area contributed by atoms with E-state index in [9.17, 15) is 4.79 Å². The second-order valence-electron chi connectivity index (χ2n) is 6.76. The number of piperidine rings is 1. The number of nitrogens with zero attached hydrogens (tertiary/aromatic N) is 1. The first-order valence-corrected chi connectivity index (χ1v) is 9.00. The van der Waals surface area contributed by atoms with Gasteiger partial charge in [0.15, 0.2) is 6.29 Å². The normalized spacial score (nSPS) is 23.2. The minimum Gasteiger partial charge on any atom is -0.379 e. The summed E-state index contributed by atoms with van der Waals surface area (Å²) >= 11 is 1.71. The molecule has 1 saturated carbocycles. The third-order valence-electron chi connectivity index (χ3n) is 5.23. The maximum Gasteiger partial charge on any atom is 0.152 e. The van der Waals surface area contributed by atoms with E-state index in [-0.39, 0.29) is 0 Å². The fraction of sp³-hybridized carbons (Fsp3) is 0.588. The van der Waals surface area contributed by atoms with Crippen LogP contribution in [0.15, 0.2) is 18.2 Å². The van der Waals surface area contributed by atoms with Crippen LogP contribution in [0.3, 0.4) is 0 Å². The van der Waals surface area contributed by atoms with Crippen molar-refractivity contribution in [3.63, 3.8) is 0 Å². The van der Waals surface area contributed by atoms with E-state index in [0.717, 1.165) is 49.5 Å². The molecule has 22 heavy (non-hydrogen) atoms. The lowest BCUT2D eigenvalue weighted by molar-refractivity contribution is 0.0457. The van der Waals surface area contributed by atoms with Gasteiger partial charge in [0.1, 0.15) is 0 Å². The number of hydrogen-bond donors (Lipinski definition) is 1. The van der Waals surface area contributed by atoms with E-state index in [1.165, 1.54) is 25.7 Å². The number of anilines is 2. The smallest absolute Gasteiger partial charge is 0.152 e. The molecule has 1 spiro atoms. The van der Waals surface area contributed by atoms with Crippen LogP contribution in [0.2, 0.25) is 0 Å². The van der Waals surface area contributed by atoms with Gasteiger partial charge in [0.05, 0.1) is 18.5 Å². The number of benzene rings is 1. The highest BCUT2D eigenvalue weighted by atomic mass is 32.2. The van der Waals surface area contributed by atoms with Crippen molar-refractivity contribution < 1.29 is 9.53 Å². The minimum atomic E-state index is 0.541. The summed E-state index contributed by atoms with van der Waals surface area (Å²) in [6.45, 7) is 3.80. The van der Waals surface area contributed by atoms with Crippen molar-refractivity contribution >= 4 is 29.6 Å². The van der Waals surface area contributed by atoms with Crippen LogP contribution in [0, 0.1) is 5.41 Å². The Morgan fingerprint density at radius 1 is 1.23 bits per heavy atom. The highest BCUT2D eigenvalue weighted by Crippen LogP contribution is 2.54. The average molecular weight is 318 g/mol. The summed E-state index contributed by atoms with van der Waals surface area (Å²) in [5, 5.41) is 0.541. The summed E-state index contributed by atoms with van der Waals surface area (Å²) in [6.07, 6.45) is 6.34. The molecule has 4 nitrogen and oxygen atoms in total. The zero-order valence-electron chi connectivity index (χ0n) is 12.7. The quantitative estimate of drug-likeness (QED) is 0.666. The van der Waals surface area contributed by atoms with E-state index in [1.54, 1.807) is 11.9 Å². The molecule has 0 bridgehead atoms. The van der Waals surface area contributed by atoms with E-state index in [1.807, 2.05) is 12.1 Å². The average Bonchev–Trinajstić information content (AvgIpc) is 3.26. The molecule has 1 aromatic carbocycles. The van der Waals surface area contributed by atoms with Crippen molar-refractivity contribution in [2.24, 2.45) is 5.41 Å². The number of carbonyl (C=O) groups is 1. The molecule has 2 heterocycles. The molecule has 1 aliphatic carbocycles. The number of nitrogens with one attached hydrogen (secondary N) is 1. The first-order valence-electron chi connectivity index (χ1n) is 8.12. The number of carbonyl (C=O) groups excluding carboxylic acids is 1. The Hall–Kier alpha value is -1.20. The van der Waals surface area contributed by atoms with Crippen LogP contribution in [0.5, 0.6) is 0 Å². The lowest BCUT2D eigenvalue weighted by atomic mass is 9.93. The first-order chi connectivity index (χ1) is 10.8. The SMILES string of the molecule is O=Cc1ccc(NSC2COC2)cc1N1CCC2(CC1)CC2. The largest absolute Gasteiger partial charge is 0.379 e. The predicted octanol–water partition coefficient (Wildman–Crippen LogP) is 3.34. The van der Waals surface area contributed by atoms with Crippen LogP contribution >= 0.6 is 11.9 Å². The van der Waals surface area contributed by atoms with Crippen molar-refractivity contribution in [1.29, 1.82) is 0 Å². The van der Waals surface area contributed by atoms with Gasteiger partial charge in [-0.1, -0.05) is 0 Å². The minimum absolute atomic E-state index is 0.541. The Kier molecular flexibility index (Phi) is 3.78. The van der Waals surface area contributed by atoms with Gasteiger partial charge in [0.25, 0.3) is 0 Å². The molecular weight excluding hydrogens is 296 g/mol. The zero-order chi connectivity index (χ0) is 15.0. The predicted molar refractivity (Wildman–Crippen MR) is 90.8 cm³/mol. The van der Waals surface area contributed by atoms with E-state index >= 15 is 0 Å². The highest BCUT2D eigenvalue weighted by Gasteiger charge is 2.44. The van der Waals surface area contributed by atoms with Gasteiger partial charge >= 0.3 is 0 Å². The number of aldehydes is 1. The molecule has 0 amide bonds. The van der Waals surface area contributed by atoms with Crippen LogP contribution in [0.25, 0.3) is 0 Å². The Morgan fingerprint density at radius 3 is 2.59 bits per heavy atom. The van der Waals surface area contributed by atoms with Crippen molar-refractivity contribution in [1.82, 2.24) is 0 Å². The zero-order valence-corrected chi connectivity index (χ0v) is 13.5. The van der Waals surface area contributed by atoms with Crippen molar-refractivity contribution in [2.45, 2.75) is 30.9 Å². The molecule has 1 N–H and O–H groups in total. The Balaban J connectivity index is 1.47. The topological polar surface area (TPSA) is 41.6 Å². The van der Waals surface area contributed by atoms with Crippen LogP contribution < -0.4 is 9.62 Å². The molecule has 2 saturated heterocycles. The molecule has 4 rings (SSSR count). The Labute approximate surface area is 135 Å². The maximum absolute atomic E-state index is 11.4. The first kappa shape index (κ1) is 14.4. The molecule has 0 atom stereocenters. The van der Waals surface area contributed by atoms with Gasteiger partial charge in [0, 0.05) is 30.0 Å². The molecular formula is C17H22N2O2S. The molecule has 0 radical (unpaired) electrons. The monoisotopic (exact) mass is 318 g/mol. The van der Waals surface area contributed by atoms with Gasteiger partial charge in [-0.2, -0.15) is 0 Å². The van der Waals surface area contributed by atoms with E-state index in [2.05, 4.69) is 15.7 Å². The van der Waals surface area contributed by atoms with Crippen molar-refractivity contribution in [3.05, 3.63) is 23.8 Å². The van der Waals surface area contributed by atoms with E-state index in [0.29, 0.717) is 10.7 Å². The number of rotatable bonds is 5. The van der Waals surface area contributed by atoms with Crippen LogP contribution in [0.1, 0.15) is 36.0 Å². The fourth-order valence-electron chi connectivity index (χ4n) is 3.31. The summed E-state index contributed by atoms with van der Waals surface area (Å²) in [6, 6.07) is 6.05. The third-order valence-corrected chi connectivity index (χ3v) is 6.19. The lowest BCUT2D eigenvalue weighted by Crippen LogP contribution is -2.35. The molecule has 2 aliphatic heterocycles. The van der Waals surface area contributed by atoms with Crippen molar-refractivity contribution in [3.8, 4) is 0 Å². The van der Waals surface area contributed by atoms with Crippen LogP contribution in [-0.2, 0) is 4.74 Å². The third kappa shape index (κ3) is 2.84. The summed E-state index contributed by atoms with van der Waals surface area (Å²) in [7, 11) is 0. The highest BCUT2D eigenvalue weighted by molar-refractivity contribution is 8.01. The summed E-state index contributed by atoms with van der Waals surface area (Å²) in [5.41, 5.74) is 3.62. The van der Waals surface area contributed by atoms with Gasteiger partial charge in [0.2, 0.25) is 0 Å². The van der Waals surface area contributed by atoms with Crippen LogP contribution in [-0.4, -0.2) is 37.8 Å². The second kappa shape index (κ2) is 5.78. The van der Waals surface area contributed by atoms with Gasteiger partial charge in [-0.25, -0.2) is 0 Å². The summed E-state index contributed by atoms with van der Waals surface area (Å²) < 4.78 is 8.59. The lowest BCUT2D eigenvalue weighted by Gasteiger charge is -2.34. The molecule has 1 aromatic rings. The van der Waals surface area contributed by atoms with E-state index < -0.39 is 0 Å². The molecule has 118 valence electrons. The van der Waals surface area contributed by atoms with Gasteiger partial charge < -0.3 is 14.4 Å². The summed E-state index contributed by atoms with van der Waals surface area (Å²) in [5.74, 6) is 0. The van der Waals surface area contributed by atoms with E-state index in [4.69, 9.17) is 4.74 Å². The molecule has 3 fully saturated rings. The standard InChI is InChI=1S/C17H22N2O2S/c20-10-13-1-2-14(18-22-15-11-21-12-15)9-16(13)19-7-5-17(3-4-17)6-8-19/h1-2,9-10,15,18H,3-8,11-12H2.